The van der Waals surface area contributed by atoms with E-state index >= 15 is 0 Å². The highest BCUT2D eigenvalue weighted by molar-refractivity contribution is 6.06. The van der Waals surface area contributed by atoms with Gasteiger partial charge >= 0.3 is 6.09 Å². The maximum atomic E-state index is 12.7. The number of carbonyl (C=O) groups is 3. The Bertz CT molecular complexity index is 982. The second-order valence-corrected chi connectivity index (χ2v) is 8.81. The smallest absolute Gasteiger partial charge is 0.410 e. The molecule has 1 aliphatic rings. The minimum atomic E-state index is -0.528. The van der Waals surface area contributed by atoms with Gasteiger partial charge in [0.1, 0.15) is 5.60 Å². The van der Waals surface area contributed by atoms with Crippen molar-refractivity contribution in [3.05, 3.63) is 54.1 Å². The van der Waals surface area contributed by atoms with E-state index < -0.39 is 5.60 Å². The normalized spacial score (nSPS) is 15.8. The first-order valence-corrected chi connectivity index (χ1v) is 10.6. The van der Waals surface area contributed by atoms with Crippen LogP contribution in [0.2, 0.25) is 0 Å². The van der Waals surface area contributed by atoms with Crippen molar-refractivity contribution in [3.8, 4) is 0 Å². The Balaban J connectivity index is 1.62. The highest BCUT2D eigenvalue weighted by Gasteiger charge is 2.30. The first-order valence-electron chi connectivity index (χ1n) is 10.6. The average Bonchev–Trinajstić information content (AvgIpc) is 3.17. The van der Waals surface area contributed by atoms with Crippen molar-refractivity contribution in [2.24, 2.45) is 0 Å². The summed E-state index contributed by atoms with van der Waals surface area (Å²) in [6, 6.07) is 14.2. The summed E-state index contributed by atoms with van der Waals surface area (Å²) in [5.41, 5.74) is 2.02. The molecule has 1 saturated heterocycles. The van der Waals surface area contributed by atoms with Gasteiger partial charge in [-0.2, -0.15) is 0 Å². The fourth-order valence-electron chi connectivity index (χ4n) is 3.41. The van der Waals surface area contributed by atoms with E-state index in [0.717, 1.165) is 12.1 Å². The van der Waals surface area contributed by atoms with Gasteiger partial charge < -0.3 is 25.6 Å². The van der Waals surface area contributed by atoms with E-state index in [1.54, 1.807) is 29.2 Å². The number of hydrogen-bond acceptors (Lipinski definition) is 5. The lowest BCUT2D eigenvalue weighted by Gasteiger charge is -2.24. The molecule has 3 rings (SSSR count). The van der Waals surface area contributed by atoms with Gasteiger partial charge in [0.25, 0.3) is 5.91 Å². The van der Waals surface area contributed by atoms with Crippen molar-refractivity contribution in [2.45, 2.75) is 45.8 Å². The van der Waals surface area contributed by atoms with Crippen LogP contribution < -0.4 is 16.0 Å². The first-order chi connectivity index (χ1) is 15.1. The SMILES string of the molecule is CC(=O)Nc1ccc(C(=O)Nc2ccccc2NC2CCN(C(=O)OC(C)(C)C)C2)cc1. The summed E-state index contributed by atoms with van der Waals surface area (Å²) in [5, 5.41) is 9.04. The number of para-hydroxylation sites is 2. The molecule has 1 heterocycles. The van der Waals surface area contributed by atoms with Gasteiger partial charge in [-0.15, -0.1) is 0 Å². The Hall–Kier alpha value is -3.55. The van der Waals surface area contributed by atoms with Gasteiger partial charge in [-0.3, -0.25) is 9.59 Å². The van der Waals surface area contributed by atoms with Crippen LogP contribution in [0.25, 0.3) is 0 Å². The fraction of sp³-hybridized carbons (Fsp3) is 0.375. The zero-order valence-electron chi connectivity index (χ0n) is 18.9. The molecule has 0 radical (unpaired) electrons. The maximum absolute atomic E-state index is 12.7. The number of carbonyl (C=O) groups excluding carboxylic acids is 3. The molecule has 32 heavy (non-hydrogen) atoms. The summed E-state index contributed by atoms with van der Waals surface area (Å²) in [6.45, 7) is 8.13. The van der Waals surface area contributed by atoms with E-state index in [9.17, 15) is 14.4 Å². The Morgan fingerprint density at radius 1 is 0.969 bits per heavy atom. The van der Waals surface area contributed by atoms with E-state index in [4.69, 9.17) is 4.74 Å². The van der Waals surface area contributed by atoms with Gasteiger partial charge in [0.2, 0.25) is 5.91 Å². The molecule has 0 aliphatic carbocycles. The molecule has 8 nitrogen and oxygen atoms in total. The zero-order valence-corrected chi connectivity index (χ0v) is 18.9. The van der Waals surface area contributed by atoms with E-state index in [1.807, 2.05) is 45.0 Å². The van der Waals surface area contributed by atoms with Crippen LogP contribution >= 0.6 is 0 Å². The summed E-state index contributed by atoms with van der Waals surface area (Å²) in [5.74, 6) is -0.422. The second kappa shape index (κ2) is 9.72. The van der Waals surface area contributed by atoms with Crippen LogP contribution in [0.5, 0.6) is 0 Å². The van der Waals surface area contributed by atoms with Crippen LogP contribution in [0.1, 0.15) is 44.5 Å². The molecule has 0 spiro atoms. The number of nitrogens with zero attached hydrogens (tertiary/aromatic N) is 1. The van der Waals surface area contributed by atoms with Crippen molar-refractivity contribution < 1.29 is 19.1 Å². The minimum absolute atomic E-state index is 0.0532. The molecular formula is C24H30N4O4. The van der Waals surface area contributed by atoms with Crippen LogP contribution in [0.4, 0.5) is 21.9 Å². The first kappa shape index (κ1) is 23.1. The minimum Gasteiger partial charge on any atom is -0.444 e. The van der Waals surface area contributed by atoms with Crippen LogP contribution in [0.3, 0.4) is 0 Å². The molecule has 8 heteroatoms. The van der Waals surface area contributed by atoms with E-state index in [2.05, 4.69) is 16.0 Å². The Kier molecular flexibility index (Phi) is 7.02. The van der Waals surface area contributed by atoms with Crippen molar-refractivity contribution in [3.63, 3.8) is 0 Å². The number of hydrogen-bond donors (Lipinski definition) is 3. The lowest BCUT2D eigenvalue weighted by Crippen LogP contribution is -2.36. The van der Waals surface area contributed by atoms with Crippen LogP contribution in [-0.4, -0.2) is 47.5 Å². The van der Waals surface area contributed by atoms with Gasteiger partial charge in [0, 0.05) is 37.3 Å². The predicted octanol–water partition coefficient (Wildman–Crippen LogP) is 4.32. The fourth-order valence-corrected chi connectivity index (χ4v) is 3.41. The van der Waals surface area contributed by atoms with Gasteiger partial charge in [-0.1, -0.05) is 12.1 Å². The number of nitrogens with one attached hydrogen (secondary N) is 3. The Labute approximate surface area is 188 Å². The number of amides is 3. The van der Waals surface area contributed by atoms with Gasteiger partial charge in [0.15, 0.2) is 0 Å². The summed E-state index contributed by atoms with van der Waals surface area (Å²) in [6.07, 6.45) is 0.470. The molecule has 2 aromatic carbocycles. The second-order valence-electron chi connectivity index (χ2n) is 8.81. The van der Waals surface area contributed by atoms with Crippen LogP contribution in [-0.2, 0) is 9.53 Å². The monoisotopic (exact) mass is 438 g/mol. The topological polar surface area (TPSA) is 99.8 Å². The van der Waals surface area contributed by atoms with Gasteiger partial charge in [-0.25, -0.2) is 4.79 Å². The molecule has 3 N–H and O–H groups in total. The number of likely N-dealkylation sites (tertiary alicyclic amines) is 1. The third-order valence-electron chi connectivity index (χ3n) is 4.84. The van der Waals surface area contributed by atoms with Gasteiger partial charge in [-0.05, 0) is 63.6 Å². The molecular weight excluding hydrogens is 408 g/mol. The molecule has 1 aliphatic heterocycles. The highest BCUT2D eigenvalue weighted by Crippen LogP contribution is 2.25. The number of benzene rings is 2. The standard InChI is InChI=1S/C24H30N4O4/c1-16(29)25-18-11-9-17(10-12-18)22(30)27-21-8-6-5-7-20(21)26-19-13-14-28(15-19)23(31)32-24(2,3)4/h5-12,19,26H,13-15H2,1-4H3,(H,25,29)(H,27,30). The zero-order chi connectivity index (χ0) is 23.3. The van der Waals surface area contributed by atoms with Crippen molar-refractivity contribution in [2.75, 3.05) is 29.0 Å². The third-order valence-corrected chi connectivity index (χ3v) is 4.84. The summed E-state index contributed by atoms with van der Waals surface area (Å²) in [4.78, 5) is 37.9. The molecule has 1 unspecified atom stereocenters. The number of anilines is 3. The average molecular weight is 439 g/mol. The molecule has 1 atom stereocenters. The van der Waals surface area contributed by atoms with Crippen LogP contribution in [0, 0.1) is 0 Å². The van der Waals surface area contributed by atoms with Crippen LogP contribution in [0.15, 0.2) is 48.5 Å². The summed E-state index contributed by atoms with van der Waals surface area (Å²) >= 11 is 0. The van der Waals surface area contributed by atoms with Crippen molar-refractivity contribution in [1.82, 2.24) is 4.90 Å². The number of ether oxygens (including phenoxy) is 1. The highest BCUT2D eigenvalue weighted by atomic mass is 16.6. The maximum Gasteiger partial charge on any atom is 0.410 e. The molecule has 0 saturated carbocycles. The summed E-state index contributed by atoms with van der Waals surface area (Å²) < 4.78 is 5.45. The van der Waals surface area contributed by atoms with Crippen molar-refractivity contribution >= 4 is 35.0 Å². The Morgan fingerprint density at radius 3 is 2.25 bits per heavy atom. The molecule has 2 aromatic rings. The molecule has 0 aromatic heterocycles. The van der Waals surface area contributed by atoms with E-state index in [0.29, 0.717) is 30.0 Å². The molecule has 0 bridgehead atoms. The number of rotatable bonds is 5. The molecule has 1 fully saturated rings. The Morgan fingerprint density at radius 2 is 1.62 bits per heavy atom. The summed E-state index contributed by atoms with van der Waals surface area (Å²) in [7, 11) is 0. The van der Waals surface area contributed by atoms with Gasteiger partial charge in [0.05, 0.1) is 11.4 Å². The molecule has 3 amide bonds. The largest absolute Gasteiger partial charge is 0.444 e. The lowest BCUT2D eigenvalue weighted by molar-refractivity contribution is -0.114. The third kappa shape index (κ3) is 6.47. The quantitative estimate of drug-likeness (QED) is 0.646. The van der Waals surface area contributed by atoms with E-state index in [-0.39, 0.29) is 23.9 Å². The predicted molar refractivity (Wildman–Crippen MR) is 125 cm³/mol. The lowest BCUT2D eigenvalue weighted by atomic mass is 10.1. The van der Waals surface area contributed by atoms with Crippen molar-refractivity contribution in [1.29, 1.82) is 0 Å². The van der Waals surface area contributed by atoms with E-state index in [1.165, 1.54) is 6.92 Å². The molecule has 170 valence electrons.